The lowest BCUT2D eigenvalue weighted by atomic mass is 10.1. The van der Waals surface area contributed by atoms with E-state index in [1.54, 1.807) is 19.1 Å². The molecule has 0 fully saturated rings. The van der Waals surface area contributed by atoms with Gasteiger partial charge >= 0.3 is 0 Å². The lowest BCUT2D eigenvalue weighted by Gasteiger charge is -2.06. The number of H-pyrrole nitrogens is 1. The van der Waals surface area contributed by atoms with Gasteiger partial charge in [-0.15, -0.1) is 0 Å². The highest BCUT2D eigenvalue weighted by Gasteiger charge is 2.11. The molecule has 134 valence electrons. The van der Waals surface area contributed by atoms with E-state index in [1.165, 1.54) is 23.4 Å². The zero-order valence-electron chi connectivity index (χ0n) is 14.7. The second-order valence-corrected chi connectivity index (χ2v) is 7.06. The fourth-order valence-corrected chi connectivity index (χ4v) is 3.28. The Bertz CT molecular complexity index is 909. The first-order valence-electron chi connectivity index (χ1n) is 8.29. The molecule has 6 heteroatoms. The second-order valence-electron chi connectivity index (χ2n) is 6.10. The van der Waals surface area contributed by atoms with E-state index in [0.717, 1.165) is 23.4 Å². The van der Waals surface area contributed by atoms with Crippen molar-refractivity contribution in [3.05, 3.63) is 76.9 Å². The number of hydrogen-bond acceptors (Lipinski definition) is 3. The third-order valence-electron chi connectivity index (χ3n) is 3.92. The zero-order valence-corrected chi connectivity index (χ0v) is 15.5. The molecule has 0 saturated heterocycles. The number of nitrogens with one attached hydrogen (secondary N) is 2. The van der Waals surface area contributed by atoms with Crippen LogP contribution in [0.15, 0.2) is 53.7 Å². The summed E-state index contributed by atoms with van der Waals surface area (Å²) in [5.74, 6) is -0.538. The van der Waals surface area contributed by atoms with Crippen molar-refractivity contribution in [1.82, 2.24) is 9.97 Å². The Hall–Kier alpha value is -2.60. The Kier molecular flexibility index (Phi) is 5.73. The lowest BCUT2D eigenvalue weighted by molar-refractivity contribution is -0.113. The van der Waals surface area contributed by atoms with E-state index in [2.05, 4.69) is 27.4 Å². The van der Waals surface area contributed by atoms with Gasteiger partial charge in [-0.25, -0.2) is 9.37 Å². The summed E-state index contributed by atoms with van der Waals surface area (Å²) < 4.78 is 13.8. The van der Waals surface area contributed by atoms with Crippen LogP contribution in [0.25, 0.3) is 0 Å². The minimum atomic E-state index is -0.428. The van der Waals surface area contributed by atoms with E-state index >= 15 is 0 Å². The summed E-state index contributed by atoms with van der Waals surface area (Å²) in [6.45, 7) is 3.77. The molecule has 3 aromatic rings. The second kappa shape index (κ2) is 8.19. The quantitative estimate of drug-likeness (QED) is 0.630. The summed E-state index contributed by atoms with van der Waals surface area (Å²) in [4.78, 5) is 19.8. The summed E-state index contributed by atoms with van der Waals surface area (Å²) in [6, 6.07) is 14.8. The van der Waals surface area contributed by atoms with Crippen molar-refractivity contribution in [3.63, 3.8) is 0 Å². The van der Waals surface area contributed by atoms with Gasteiger partial charge in [0.05, 0.1) is 17.1 Å². The van der Waals surface area contributed by atoms with Crippen molar-refractivity contribution in [1.29, 1.82) is 0 Å². The fourth-order valence-electron chi connectivity index (χ4n) is 2.54. The number of thioether (sulfide) groups is 1. The highest BCUT2D eigenvalue weighted by atomic mass is 32.2. The first-order valence-corrected chi connectivity index (χ1v) is 9.28. The maximum absolute atomic E-state index is 13.8. The fraction of sp³-hybridized carbons (Fsp3) is 0.200. The zero-order chi connectivity index (χ0) is 18.5. The maximum atomic E-state index is 13.8. The summed E-state index contributed by atoms with van der Waals surface area (Å²) in [5.41, 5.74) is 4.14. The average molecular weight is 369 g/mol. The number of aromatic amines is 1. The average Bonchev–Trinajstić information content (AvgIpc) is 2.96. The molecule has 0 saturated carbocycles. The smallest absolute Gasteiger partial charge is 0.234 e. The minimum absolute atomic E-state index is 0.158. The van der Waals surface area contributed by atoms with Gasteiger partial charge in [-0.3, -0.25) is 4.79 Å². The Morgan fingerprint density at radius 2 is 1.96 bits per heavy atom. The van der Waals surface area contributed by atoms with Crippen molar-refractivity contribution in [3.8, 4) is 0 Å². The number of nitrogens with zero attached hydrogens (tertiary/aromatic N) is 1. The number of aryl methyl sites for hydroxylation is 2. The molecular weight excluding hydrogens is 349 g/mol. The summed E-state index contributed by atoms with van der Waals surface area (Å²) in [6.07, 6.45) is 0.741. The largest absolute Gasteiger partial charge is 0.337 e. The van der Waals surface area contributed by atoms with E-state index in [9.17, 15) is 9.18 Å². The standard InChI is InChI=1S/C20H20FN3OS/c1-13-8-9-17(16(21)10-13)23-19(25)12-26-20-22-14(2)18(24-20)11-15-6-4-3-5-7-15/h3-10H,11-12H2,1-2H3,(H,22,24)(H,23,25). The first-order chi connectivity index (χ1) is 12.5. The number of halogens is 1. The van der Waals surface area contributed by atoms with Gasteiger partial charge < -0.3 is 10.3 Å². The van der Waals surface area contributed by atoms with Crippen LogP contribution in [-0.2, 0) is 11.2 Å². The topological polar surface area (TPSA) is 57.8 Å². The van der Waals surface area contributed by atoms with Crippen LogP contribution in [-0.4, -0.2) is 21.6 Å². The molecule has 4 nitrogen and oxygen atoms in total. The van der Waals surface area contributed by atoms with Crippen LogP contribution in [0.5, 0.6) is 0 Å². The third-order valence-corrected chi connectivity index (χ3v) is 4.79. The van der Waals surface area contributed by atoms with Gasteiger partial charge in [-0.05, 0) is 37.1 Å². The van der Waals surface area contributed by atoms with Crippen molar-refractivity contribution >= 4 is 23.4 Å². The van der Waals surface area contributed by atoms with Crippen molar-refractivity contribution in [2.75, 3.05) is 11.1 Å². The highest BCUT2D eigenvalue weighted by Crippen LogP contribution is 2.20. The van der Waals surface area contributed by atoms with Crippen LogP contribution >= 0.6 is 11.8 Å². The van der Waals surface area contributed by atoms with Gasteiger partial charge in [0, 0.05) is 12.1 Å². The van der Waals surface area contributed by atoms with E-state index in [4.69, 9.17) is 0 Å². The van der Waals surface area contributed by atoms with Crippen molar-refractivity contribution in [2.24, 2.45) is 0 Å². The van der Waals surface area contributed by atoms with Crippen LogP contribution in [0.2, 0.25) is 0 Å². The van der Waals surface area contributed by atoms with Gasteiger partial charge in [0.2, 0.25) is 5.91 Å². The molecule has 0 bridgehead atoms. The summed E-state index contributed by atoms with van der Waals surface area (Å²) in [7, 11) is 0. The molecule has 1 amide bonds. The van der Waals surface area contributed by atoms with Gasteiger partial charge in [0.1, 0.15) is 5.82 Å². The number of amides is 1. The van der Waals surface area contributed by atoms with E-state index in [0.29, 0.717) is 5.16 Å². The molecule has 26 heavy (non-hydrogen) atoms. The van der Waals surface area contributed by atoms with Crippen LogP contribution in [0.1, 0.15) is 22.5 Å². The third kappa shape index (κ3) is 4.73. The molecule has 1 aromatic heterocycles. The molecule has 0 aliphatic heterocycles. The van der Waals surface area contributed by atoms with Crippen molar-refractivity contribution in [2.45, 2.75) is 25.4 Å². The van der Waals surface area contributed by atoms with Crippen LogP contribution < -0.4 is 5.32 Å². The van der Waals surface area contributed by atoms with E-state index in [1.807, 2.05) is 25.1 Å². The highest BCUT2D eigenvalue weighted by molar-refractivity contribution is 7.99. The summed E-state index contributed by atoms with van der Waals surface area (Å²) in [5, 5.41) is 3.28. The maximum Gasteiger partial charge on any atom is 0.234 e. The molecule has 3 rings (SSSR count). The molecule has 0 aliphatic rings. The van der Waals surface area contributed by atoms with Gasteiger partial charge in [0.25, 0.3) is 0 Å². The number of hydrogen-bond donors (Lipinski definition) is 2. The van der Waals surface area contributed by atoms with Crippen molar-refractivity contribution < 1.29 is 9.18 Å². The lowest BCUT2D eigenvalue weighted by Crippen LogP contribution is -2.15. The Morgan fingerprint density at radius 3 is 2.69 bits per heavy atom. The summed E-state index contributed by atoms with van der Waals surface area (Å²) >= 11 is 1.30. The minimum Gasteiger partial charge on any atom is -0.337 e. The van der Waals surface area contributed by atoms with Gasteiger partial charge in [0.15, 0.2) is 5.16 Å². The molecule has 0 aliphatic carbocycles. The number of rotatable bonds is 6. The normalized spacial score (nSPS) is 10.7. The molecule has 0 spiro atoms. The van der Waals surface area contributed by atoms with Gasteiger partial charge in [-0.2, -0.15) is 0 Å². The Balaban J connectivity index is 1.57. The number of benzene rings is 2. The first kappa shape index (κ1) is 18.2. The van der Waals surface area contributed by atoms with Crippen LogP contribution in [0.4, 0.5) is 10.1 Å². The van der Waals surface area contributed by atoms with Gasteiger partial charge in [-0.1, -0.05) is 48.2 Å². The number of anilines is 1. The molecule has 1 heterocycles. The van der Waals surface area contributed by atoms with Crippen LogP contribution in [0, 0.1) is 19.7 Å². The molecule has 2 N–H and O–H groups in total. The molecule has 0 atom stereocenters. The predicted octanol–water partition coefficient (Wildman–Crippen LogP) is 4.49. The van der Waals surface area contributed by atoms with E-state index in [-0.39, 0.29) is 17.3 Å². The molecule has 0 radical (unpaired) electrons. The number of imidazole rings is 1. The number of carbonyl (C=O) groups excluding carboxylic acids is 1. The van der Waals surface area contributed by atoms with E-state index < -0.39 is 5.82 Å². The monoisotopic (exact) mass is 369 g/mol. The predicted molar refractivity (Wildman–Crippen MR) is 103 cm³/mol. The number of carbonyl (C=O) groups is 1. The van der Waals surface area contributed by atoms with Crippen LogP contribution in [0.3, 0.4) is 0 Å². The Morgan fingerprint density at radius 1 is 1.19 bits per heavy atom. The Labute approximate surface area is 156 Å². The number of aromatic nitrogens is 2. The molecule has 2 aromatic carbocycles. The molecular formula is C20H20FN3OS. The molecule has 0 unspecified atom stereocenters. The SMILES string of the molecule is Cc1ccc(NC(=O)CSc2nc(Cc3ccccc3)c(C)[nH]2)c(F)c1.